The average molecular weight is 429 g/mol. The summed E-state index contributed by atoms with van der Waals surface area (Å²) >= 11 is 0. The van der Waals surface area contributed by atoms with Crippen molar-refractivity contribution in [3.05, 3.63) is 59.7 Å². The van der Waals surface area contributed by atoms with Gasteiger partial charge in [0.25, 0.3) is 5.91 Å². The molecule has 4 rings (SSSR count). The molecule has 1 atom stereocenters. The van der Waals surface area contributed by atoms with Gasteiger partial charge in [-0.2, -0.15) is 4.31 Å². The monoisotopic (exact) mass is 428 g/mol. The standard InChI is InChI=1S/C23H29N3O3S/c1-18-10-14-26(15-11-18)30(28,29)22-8-6-21(7-9-22)24-23(27)17-25-13-12-19-4-2-3-5-20(19)16-25/h2-9,18H,10-17H2,1H3,(H,24,27)/p+1. The van der Waals surface area contributed by atoms with Gasteiger partial charge in [-0.25, -0.2) is 8.42 Å². The minimum atomic E-state index is -3.47. The van der Waals surface area contributed by atoms with Gasteiger partial charge >= 0.3 is 0 Å². The van der Waals surface area contributed by atoms with Crippen LogP contribution in [0.3, 0.4) is 0 Å². The van der Waals surface area contributed by atoms with Crippen LogP contribution in [-0.4, -0.2) is 44.8 Å². The van der Waals surface area contributed by atoms with Crippen LogP contribution < -0.4 is 10.2 Å². The minimum Gasteiger partial charge on any atom is -0.323 e. The molecule has 6 nitrogen and oxygen atoms in total. The van der Waals surface area contributed by atoms with Crippen molar-refractivity contribution in [2.75, 3.05) is 31.5 Å². The molecule has 0 bridgehead atoms. The van der Waals surface area contributed by atoms with Crippen molar-refractivity contribution in [1.82, 2.24) is 4.31 Å². The van der Waals surface area contributed by atoms with E-state index in [-0.39, 0.29) is 10.8 Å². The lowest BCUT2D eigenvalue weighted by molar-refractivity contribution is -0.907. The molecule has 2 N–H and O–H groups in total. The largest absolute Gasteiger partial charge is 0.323 e. The molecule has 2 heterocycles. The summed E-state index contributed by atoms with van der Waals surface area (Å²) in [6.07, 6.45) is 2.79. The van der Waals surface area contributed by atoms with Crippen LogP contribution in [-0.2, 0) is 27.8 Å². The normalized spacial score (nSPS) is 20.5. The number of fused-ring (bicyclic) bond motifs is 1. The molecule has 0 saturated carbocycles. The van der Waals surface area contributed by atoms with Gasteiger partial charge in [-0.3, -0.25) is 4.79 Å². The van der Waals surface area contributed by atoms with Crippen LogP contribution in [0.4, 0.5) is 5.69 Å². The Morgan fingerprint density at radius 1 is 1.07 bits per heavy atom. The van der Waals surface area contributed by atoms with Crippen LogP contribution in [0.15, 0.2) is 53.4 Å². The molecule has 160 valence electrons. The molecule has 0 spiro atoms. The molecule has 30 heavy (non-hydrogen) atoms. The van der Waals surface area contributed by atoms with Gasteiger partial charge in [0.15, 0.2) is 6.54 Å². The van der Waals surface area contributed by atoms with Crippen LogP contribution in [0.1, 0.15) is 30.9 Å². The lowest BCUT2D eigenvalue weighted by atomic mass is 10.00. The van der Waals surface area contributed by atoms with E-state index in [2.05, 4.69) is 30.4 Å². The first-order valence-corrected chi connectivity index (χ1v) is 12.2. The second-order valence-electron chi connectivity index (χ2n) is 8.53. The molecule has 1 amide bonds. The van der Waals surface area contributed by atoms with Crippen LogP contribution >= 0.6 is 0 Å². The van der Waals surface area contributed by atoms with E-state index in [1.165, 1.54) is 16.0 Å². The fourth-order valence-electron chi connectivity index (χ4n) is 4.31. The lowest BCUT2D eigenvalue weighted by Gasteiger charge is -2.29. The SMILES string of the molecule is CC1CCN(S(=O)(=O)c2ccc(NC(=O)C[NH+]3CCc4ccccc4C3)cc2)CC1. The van der Waals surface area contributed by atoms with Crippen LogP contribution in [0.5, 0.6) is 0 Å². The number of nitrogens with one attached hydrogen (secondary N) is 2. The first-order valence-electron chi connectivity index (χ1n) is 10.7. The van der Waals surface area contributed by atoms with Crippen molar-refractivity contribution in [2.45, 2.75) is 37.6 Å². The number of amides is 1. The summed E-state index contributed by atoms with van der Waals surface area (Å²) in [6, 6.07) is 14.9. The highest BCUT2D eigenvalue weighted by Gasteiger charge is 2.28. The Morgan fingerprint density at radius 2 is 1.73 bits per heavy atom. The molecular formula is C23H30N3O3S+. The molecule has 0 aliphatic carbocycles. The zero-order valence-electron chi connectivity index (χ0n) is 17.4. The quantitative estimate of drug-likeness (QED) is 0.761. The first kappa shape index (κ1) is 21.0. The molecule has 1 fully saturated rings. The van der Waals surface area contributed by atoms with Crippen molar-refractivity contribution < 1.29 is 18.1 Å². The third-order valence-corrected chi connectivity index (χ3v) is 8.15. The zero-order valence-corrected chi connectivity index (χ0v) is 18.2. The maximum atomic E-state index is 12.8. The minimum absolute atomic E-state index is 0.0509. The highest BCUT2D eigenvalue weighted by atomic mass is 32.2. The van der Waals surface area contributed by atoms with Crippen molar-refractivity contribution >= 4 is 21.6 Å². The van der Waals surface area contributed by atoms with Gasteiger partial charge in [0, 0.05) is 30.8 Å². The molecule has 1 unspecified atom stereocenters. The van der Waals surface area contributed by atoms with Gasteiger partial charge in [-0.05, 0) is 48.6 Å². The number of anilines is 1. The summed E-state index contributed by atoms with van der Waals surface area (Å²) in [5.41, 5.74) is 3.32. The van der Waals surface area contributed by atoms with Gasteiger partial charge in [0.1, 0.15) is 6.54 Å². The summed E-state index contributed by atoms with van der Waals surface area (Å²) in [4.78, 5) is 14.0. The van der Waals surface area contributed by atoms with Gasteiger partial charge < -0.3 is 10.2 Å². The van der Waals surface area contributed by atoms with Crippen LogP contribution in [0.2, 0.25) is 0 Å². The lowest BCUT2D eigenvalue weighted by Crippen LogP contribution is -3.12. The fraction of sp³-hybridized carbons (Fsp3) is 0.435. The summed E-state index contributed by atoms with van der Waals surface area (Å²) < 4.78 is 27.2. The summed E-state index contributed by atoms with van der Waals surface area (Å²) in [6.45, 7) is 5.50. The third-order valence-electron chi connectivity index (χ3n) is 6.24. The van der Waals surface area contributed by atoms with Crippen molar-refractivity contribution in [3.63, 3.8) is 0 Å². The maximum absolute atomic E-state index is 12.8. The van der Waals surface area contributed by atoms with E-state index < -0.39 is 10.0 Å². The van der Waals surface area contributed by atoms with Gasteiger partial charge in [0.2, 0.25) is 10.0 Å². The van der Waals surface area contributed by atoms with Crippen molar-refractivity contribution in [2.24, 2.45) is 5.92 Å². The highest BCUT2D eigenvalue weighted by molar-refractivity contribution is 7.89. The highest BCUT2D eigenvalue weighted by Crippen LogP contribution is 2.24. The number of sulfonamides is 1. The van der Waals surface area contributed by atoms with E-state index in [4.69, 9.17) is 0 Å². The van der Waals surface area contributed by atoms with E-state index >= 15 is 0 Å². The van der Waals surface area contributed by atoms with Gasteiger partial charge in [-0.1, -0.05) is 31.2 Å². The molecule has 0 radical (unpaired) electrons. The van der Waals surface area contributed by atoms with E-state index in [9.17, 15) is 13.2 Å². The number of piperidine rings is 1. The second kappa shape index (κ2) is 8.88. The summed E-state index contributed by atoms with van der Waals surface area (Å²) in [5.74, 6) is 0.523. The predicted molar refractivity (Wildman–Crippen MR) is 117 cm³/mol. The number of rotatable bonds is 5. The summed E-state index contributed by atoms with van der Waals surface area (Å²) in [5, 5.41) is 2.91. The number of nitrogens with zero attached hydrogens (tertiary/aromatic N) is 1. The van der Waals surface area contributed by atoms with Gasteiger partial charge in [0.05, 0.1) is 11.4 Å². The molecule has 0 aromatic heterocycles. The number of hydrogen-bond donors (Lipinski definition) is 2. The van der Waals surface area contributed by atoms with E-state index in [1.54, 1.807) is 28.6 Å². The number of hydrogen-bond acceptors (Lipinski definition) is 3. The van der Waals surface area contributed by atoms with E-state index in [1.807, 2.05) is 6.07 Å². The van der Waals surface area contributed by atoms with E-state index in [0.717, 1.165) is 32.4 Å². The molecule has 2 aromatic carbocycles. The fourth-order valence-corrected chi connectivity index (χ4v) is 5.78. The third kappa shape index (κ3) is 4.74. The number of benzene rings is 2. The van der Waals surface area contributed by atoms with E-state index in [0.29, 0.717) is 31.2 Å². The summed E-state index contributed by atoms with van der Waals surface area (Å²) in [7, 11) is -3.47. The average Bonchev–Trinajstić information content (AvgIpc) is 2.74. The Hall–Kier alpha value is -2.22. The number of carbonyl (C=O) groups is 1. The number of quaternary nitrogens is 1. The number of carbonyl (C=O) groups excluding carboxylic acids is 1. The Labute approximate surface area is 178 Å². The molecule has 2 aromatic rings. The van der Waals surface area contributed by atoms with Crippen LogP contribution in [0.25, 0.3) is 0 Å². The molecule has 2 aliphatic rings. The topological polar surface area (TPSA) is 70.9 Å². The van der Waals surface area contributed by atoms with Crippen molar-refractivity contribution in [1.29, 1.82) is 0 Å². The second-order valence-corrected chi connectivity index (χ2v) is 10.5. The Kier molecular flexibility index (Phi) is 6.22. The molecule has 1 saturated heterocycles. The van der Waals surface area contributed by atoms with Gasteiger partial charge in [-0.15, -0.1) is 0 Å². The van der Waals surface area contributed by atoms with Crippen molar-refractivity contribution in [3.8, 4) is 0 Å². The smallest absolute Gasteiger partial charge is 0.279 e. The Balaban J connectivity index is 1.34. The molecule has 2 aliphatic heterocycles. The first-order chi connectivity index (χ1) is 14.4. The Bertz CT molecular complexity index is 997. The zero-order chi connectivity index (χ0) is 21.1. The van der Waals surface area contributed by atoms with Crippen LogP contribution in [0, 0.1) is 5.92 Å². The maximum Gasteiger partial charge on any atom is 0.279 e. The molecular weight excluding hydrogens is 398 g/mol. The molecule has 7 heteroatoms. The Morgan fingerprint density at radius 3 is 2.43 bits per heavy atom. The predicted octanol–water partition coefficient (Wildman–Crippen LogP) is 1.69.